The van der Waals surface area contributed by atoms with Crippen molar-refractivity contribution in [2.24, 2.45) is 0 Å². The zero-order valence-corrected chi connectivity index (χ0v) is 30.0. The molecule has 3 heterocycles. The van der Waals surface area contributed by atoms with Crippen molar-refractivity contribution in [2.45, 2.75) is 0 Å². The highest BCUT2D eigenvalue weighted by atomic mass is 16.3. The molecule has 9 aromatic carbocycles. The van der Waals surface area contributed by atoms with E-state index in [-0.39, 0.29) is 0 Å². The summed E-state index contributed by atoms with van der Waals surface area (Å²) in [6, 6.07) is 63.8. The topological polar surface area (TPSA) is 56.7 Å². The molecule has 0 aliphatic rings. The minimum absolute atomic E-state index is 0.559. The van der Waals surface area contributed by atoms with Gasteiger partial charge in [0.1, 0.15) is 11.2 Å². The average molecular weight is 715 g/mol. The number of furan rings is 1. The van der Waals surface area contributed by atoms with Crippen LogP contribution in [0, 0.1) is 0 Å². The van der Waals surface area contributed by atoms with Crippen molar-refractivity contribution in [1.29, 1.82) is 0 Å². The highest BCUT2D eigenvalue weighted by molar-refractivity contribution is 6.25. The minimum Gasteiger partial charge on any atom is -0.455 e. The second-order valence-electron chi connectivity index (χ2n) is 14.4. The largest absolute Gasteiger partial charge is 0.455 e. The van der Waals surface area contributed by atoms with Gasteiger partial charge in [-0.15, -0.1) is 0 Å². The molecule has 0 spiro atoms. The third-order valence-corrected chi connectivity index (χ3v) is 11.2. The number of aromatic nitrogens is 4. The van der Waals surface area contributed by atoms with Crippen molar-refractivity contribution in [3.63, 3.8) is 0 Å². The van der Waals surface area contributed by atoms with Gasteiger partial charge in [-0.1, -0.05) is 146 Å². The van der Waals surface area contributed by atoms with Gasteiger partial charge in [-0.05, 0) is 63.3 Å². The van der Waals surface area contributed by atoms with Crippen LogP contribution in [0.4, 0.5) is 0 Å². The molecule has 12 rings (SSSR count). The van der Waals surface area contributed by atoms with Crippen LogP contribution in [0.15, 0.2) is 186 Å². The molecule has 3 aromatic heterocycles. The van der Waals surface area contributed by atoms with E-state index in [1.54, 1.807) is 0 Å². The van der Waals surface area contributed by atoms with Gasteiger partial charge in [0.2, 0.25) is 0 Å². The van der Waals surface area contributed by atoms with E-state index < -0.39 is 0 Å². The number of hydrogen-bond acceptors (Lipinski definition) is 4. The number of benzene rings is 9. The van der Waals surface area contributed by atoms with Gasteiger partial charge < -0.3 is 8.98 Å². The van der Waals surface area contributed by atoms with Crippen LogP contribution < -0.4 is 0 Å². The molecule has 56 heavy (non-hydrogen) atoms. The highest BCUT2D eigenvalue weighted by Crippen LogP contribution is 2.44. The third kappa shape index (κ3) is 4.58. The maximum absolute atomic E-state index is 6.96. The molecule has 0 unspecified atom stereocenters. The first-order valence-corrected chi connectivity index (χ1v) is 18.9. The molecule has 0 fully saturated rings. The molecule has 0 saturated carbocycles. The summed E-state index contributed by atoms with van der Waals surface area (Å²) in [6.45, 7) is 0. The number of nitrogens with zero attached hydrogens (tertiary/aromatic N) is 4. The van der Waals surface area contributed by atoms with Crippen molar-refractivity contribution < 1.29 is 4.42 Å². The lowest BCUT2D eigenvalue weighted by Gasteiger charge is -2.12. The van der Waals surface area contributed by atoms with Crippen LogP contribution in [0.25, 0.3) is 116 Å². The van der Waals surface area contributed by atoms with E-state index in [4.69, 9.17) is 19.4 Å². The molecule has 5 nitrogen and oxygen atoms in total. The van der Waals surface area contributed by atoms with Crippen LogP contribution in [-0.2, 0) is 0 Å². The van der Waals surface area contributed by atoms with Crippen LogP contribution in [0.1, 0.15) is 0 Å². The fourth-order valence-corrected chi connectivity index (χ4v) is 8.65. The van der Waals surface area contributed by atoms with Crippen LogP contribution in [0.5, 0.6) is 0 Å². The lowest BCUT2D eigenvalue weighted by atomic mass is 9.98. The molecule has 0 amide bonds. The first kappa shape index (κ1) is 30.8. The van der Waals surface area contributed by atoms with Gasteiger partial charge in [0.05, 0.1) is 16.6 Å². The number of fused-ring (bicyclic) bond motifs is 11. The summed E-state index contributed by atoms with van der Waals surface area (Å²) in [5.41, 5.74) is 7.60. The summed E-state index contributed by atoms with van der Waals surface area (Å²) in [5, 5.41) is 11.2. The van der Waals surface area contributed by atoms with Gasteiger partial charge in [-0.3, -0.25) is 0 Å². The lowest BCUT2D eigenvalue weighted by molar-refractivity contribution is 0.673. The predicted molar refractivity (Wildman–Crippen MR) is 230 cm³/mol. The fourth-order valence-electron chi connectivity index (χ4n) is 8.65. The number of rotatable bonds is 4. The number of hydrogen-bond donors (Lipinski definition) is 0. The smallest absolute Gasteiger partial charge is 0.167 e. The molecule has 260 valence electrons. The molecular weight excluding hydrogens is 685 g/mol. The van der Waals surface area contributed by atoms with E-state index in [9.17, 15) is 0 Å². The van der Waals surface area contributed by atoms with Gasteiger partial charge in [0, 0.05) is 43.7 Å². The Bertz CT molecular complexity index is 3540. The SMILES string of the molecule is c1ccc(-c2nc(-c3cc4ccccc4c4c3oc3c5ccccc5ccc34)nc(-c3cccc4c3c3ccccc3n4-c3ccc4ccccc4c3)n2)cc1. The summed E-state index contributed by atoms with van der Waals surface area (Å²) in [5.74, 6) is 1.76. The molecule has 0 bridgehead atoms. The van der Waals surface area contributed by atoms with Crippen molar-refractivity contribution in [3.8, 4) is 39.9 Å². The second-order valence-corrected chi connectivity index (χ2v) is 14.4. The van der Waals surface area contributed by atoms with Crippen LogP contribution in [0.3, 0.4) is 0 Å². The van der Waals surface area contributed by atoms with Gasteiger partial charge in [0.25, 0.3) is 0 Å². The van der Waals surface area contributed by atoms with Crippen molar-refractivity contribution in [1.82, 2.24) is 19.5 Å². The van der Waals surface area contributed by atoms with Gasteiger partial charge in [-0.25, -0.2) is 15.0 Å². The maximum Gasteiger partial charge on any atom is 0.167 e. The Morgan fingerprint density at radius 1 is 0.357 bits per heavy atom. The Hall–Kier alpha value is -7.63. The summed E-state index contributed by atoms with van der Waals surface area (Å²) < 4.78 is 9.31. The molecule has 0 N–H and O–H groups in total. The van der Waals surface area contributed by atoms with E-state index in [1.807, 2.05) is 18.2 Å². The third-order valence-electron chi connectivity index (χ3n) is 11.2. The van der Waals surface area contributed by atoms with Crippen molar-refractivity contribution >= 4 is 76.1 Å². The quantitative estimate of drug-likeness (QED) is 0.182. The van der Waals surface area contributed by atoms with E-state index in [2.05, 4.69) is 168 Å². The molecule has 0 saturated heterocycles. The summed E-state index contributed by atoms with van der Waals surface area (Å²) in [4.78, 5) is 15.8. The standard InChI is InChI=1S/C51H30N4O/c1-2-15-33(16-3-1)49-52-50(41-22-12-24-44-45(41)39-21-10-11-23-43(39)55(44)36-27-25-31-13-4-5-17-34(31)29-36)54-51(53-49)42-30-35-18-7-8-19-37(35)46-40-28-26-32-14-6-9-20-38(32)47(40)56-48(42)46/h1-30H. The molecule has 12 aromatic rings. The average Bonchev–Trinajstić information content (AvgIpc) is 3.83. The maximum atomic E-state index is 6.96. The minimum atomic E-state index is 0.559. The van der Waals surface area contributed by atoms with Crippen LogP contribution in [0.2, 0.25) is 0 Å². The van der Waals surface area contributed by atoms with Crippen molar-refractivity contribution in [2.75, 3.05) is 0 Å². The Morgan fingerprint density at radius 2 is 1.00 bits per heavy atom. The molecule has 0 radical (unpaired) electrons. The van der Waals surface area contributed by atoms with Gasteiger partial charge >= 0.3 is 0 Å². The summed E-state index contributed by atoms with van der Waals surface area (Å²) >= 11 is 0. The molecule has 0 aliphatic carbocycles. The van der Waals surface area contributed by atoms with Crippen molar-refractivity contribution in [3.05, 3.63) is 182 Å². The zero-order chi connectivity index (χ0) is 36.7. The van der Waals surface area contributed by atoms with Crippen LogP contribution in [-0.4, -0.2) is 19.5 Å². The van der Waals surface area contributed by atoms with Gasteiger partial charge in [-0.2, -0.15) is 0 Å². The van der Waals surface area contributed by atoms with E-state index in [1.165, 1.54) is 10.8 Å². The van der Waals surface area contributed by atoms with E-state index in [0.29, 0.717) is 17.5 Å². The Labute approximate surface area is 320 Å². The molecular formula is C51H30N4O. The zero-order valence-electron chi connectivity index (χ0n) is 30.0. The lowest BCUT2D eigenvalue weighted by Crippen LogP contribution is -2.01. The number of para-hydroxylation sites is 1. The Morgan fingerprint density at radius 3 is 1.86 bits per heavy atom. The highest BCUT2D eigenvalue weighted by Gasteiger charge is 2.23. The first-order valence-electron chi connectivity index (χ1n) is 18.9. The second kappa shape index (κ2) is 11.9. The summed E-state index contributed by atoms with van der Waals surface area (Å²) in [7, 11) is 0. The van der Waals surface area contributed by atoms with E-state index in [0.717, 1.165) is 87.7 Å². The van der Waals surface area contributed by atoms with E-state index >= 15 is 0 Å². The van der Waals surface area contributed by atoms with Gasteiger partial charge in [0.15, 0.2) is 17.5 Å². The molecule has 5 heteroatoms. The Kier molecular flexibility index (Phi) is 6.56. The predicted octanol–water partition coefficient (Wildman–Crippen LogP) is 13.3. The first-order chi connectivity index (χ1) is 27.8. The normalized spacial score (nSPS) is 11.9. The Balaban J connectivity index is 1.16. The summed E-state index contributed by atoms with van der Waals surface area (Å²) in [6.07, 6.45) is 0. The monoisotopic (exact) mass is 714 g/mol. The fraction of sp³-hybridized carbons (Fsp3) is 0. The van der Waals surface area contributed by atoms with Crippen LogP contribution >= 0.6 is 0 Å². The molecule has 0 aliphatic heterocycles. The molecule has 0 atom stereocenters.